The summed E-state index contributed by atoms with van der Waals surface area (Å²) in [6, 6.07) is 6.78. The fourth-order valence-electron chi connectivity index (χ4n) is 2.59. The predicted molar refractivity (Wildman–Crippen MR) is 85.9 cm³/mol. The van der Waals surface area contributed by atoms with E-state index in [0.717, 1.165) is 12.8 Å². The van der Waals surface area contributed by atoms with Gasteiger partial charge in [0.15, 0.2) is 0 Å². The van der Waals surface area contributed by atoms with Gasteiger partial charge in [0.2, 0.25) is 0 Å². The van der Waals surface area contributed by atoms with Crippen LogP contribution in [0.4, 0.5) is 10.5 Å². The van der Waals surface area contributed by atoms with Crippen molar-refractivity contribution >= 4 is 11.7 Å². The molecule has 2 N–H and O–H groups in total. The SMILES string of the molecule is COc1ccc(NC(=O)N[C@@H](C)C2=CCCCC2)cc1C#N. The number of carbonyl (C=O) groups is 1. The second-order valence-electron chi connectivity index (χ2n) is 5.37. The Morgan fingerprint density at radius 2 is 2.23 bits per heavy atom. The Balaban J connectivity index is 1.97. The number of nitrogens with one attached hydrogen (secondary N) is 2. The Morgan fingerprint density at radius 1 is 1.41 bits per heavy atom. The number of nitriles is 1. The molecule has 5 nitrogen and oxygen atoms in total. The maximum Gasteiger partial charge on any atom is 0.319 e. The first-order valence-electron chi connectivity index (χ1n) is 7.48. The first-order chi connectivity index (χ1) is 10.6. The van der Waals surface area contributed by atoms with Gasteiger partial charge in [-0.15, -0.1) is 0 Å². The van der Waals surface area contributed by atoms with E-state index in [0.29, 0.717) is 17.0 Å². The molecule has 0 saturated heterocycles. The summed E-state index contributed by atoms with van der Waals surface area (Å²) < 4.78 is 5.08. The molecule has 2 amide bonds. The second kappa shape index (κ2) is 7.51. The Bertz CT molecular complexity index is 617. The maximum atomic E-state index is 12.1. The quantitative estimate of drug-likeness (QED) is 0.834. The van der Waals surface area contributed by atoms with Gasteiger partial charge in [-0.25, -0.2) is 4.79 Å². The van der Waals surface area contributed by atoms with E-state index in [1.54, 1.807) is 18.2 Å². The molecule has 2 rings (SSSR count). The van der Waals surface area contributed by atoms with Crippen LogP contribution < -0.4 is 15.4 Å². The standard InChI is InChI=1S/C17H21N3O2/c1-12(13-6-4-3-5-7-13)19-17(21)20-15-8-9-16(22-2)14(10-15)11-18/h6,8-10,12H,3-5,7H2,1-2H3,(H2,19,20,21)/t12-/m0/s1. The molecule has 1 atom stereocenters. The van der Waals surface area contributed by atoms with Crippen LogP contribution in [0.3, 0.4) is 0 Å². The first-order valence-corrected chi connectivity index (χ1v) is 7.48. The lowest BCUT2D eigenvalue weighted by Crippen LogP contribution is -2.37. The van der Waals surface area contributed by atoms with E-state index in [9.17, 15) is 4.79 Å². The van der Waals surface area contributed by atoms with Crippen LogP contribution in [0, 0.1) is 11.3 Å². The number of ether oxygens (including phenoxy) is 1. The fraction of sp³-hybridized carbons (Fsp3) is 0.412. The minimum atomic E-state index is -0.270. The van der Waals surface area contributed by atoms with Crippen LogP contribution in [-0.2, 0) is 0 Å². The Morgan fingerprint density at radius 3 is 2.86 bits per heavy atom. The summed E-state index contributed by atoms with van der Waals surface area (Å²) in [5.41, 5.74) is 2.25. The van der Waals surface area contributed by atoms with Crippen molar-refractivity contribution in [1.82, 2.24) is 5.32 Å². The summed E-state index contributed by atoms with van der Waals surface area (Å²) in [5.74, 6) is 0.495. The minimum Gasteiger partial charge on any atom is -0.495 e. The van der Waals surface area contributed by atoms with Gasteiger partial charge in [-0.2, -0.15) is 5.26 Å². The monoisotopic (exact) mass is 299 g/mol. The first kappa shape index (κ1) is 15.9. The number of rotatable bonds is 4. The number of amides is 2. The summed E-state index contributed by atoms with van der Waals surface area (Å²) in [5, 5.41) is 14.7. The molecule has 116 valence electrons. The number of benzene rings is 1. The molecule has 5 heteroatoms. The van der Waals surface area contributed by atoms with Crippen LogP contribution >= 0.6 is 0 Å². The number of hydrogen-bond acceptors (Lipinski definition) is 3. The molecule has 0 unspecified atom stereocenters. The van der Waals surface area contributed by atoms with Gasteiger partial charge in [0, 0.05) is 11.7 Å². The van der Waals surface area contributed by atoms with E-state index in [-0.39, 0.29) is 12.1 Å². The number of methoxy groups -OCH3 is 1. The summed E-state index contributed by atoms with van der Waals surface area (Å²) in [6.45, 7) is 1.99. The van der Waals surface area contributed by atoms with Crippen molar-refractivity contribution in [2.24, 2.45) is 0 Å². The Labute approximate surface area is 131 Å². The predicted octanol–water partition coefficient (Wildman–Crippen LogP) is 3.58. The average molecular weight is 299 g/mol. The lowest BCUT2D eigenvalue weighted by Gasteiger charge is -2.21. The van der Waals surface area contributed by atoms with E-state index in [1.165, 1.54) is 25.5 Å². The highest BCUT2D eigenvalue weighted by Gasteiger charge is 2.14. The zero-order chi connectivity index (χ0) is 15.9. The van der Waals surface area contributed by atoms with E-state index in [4.69, 9.17) is 10.00 Å². The van der Waals surface area contributed by atoms with Gasteiger partial charge in [-0.05, 0) is 50.8 Å². The highest BCUT2D eigenvalue weighted by atomic mass is 16.5. The largest absolute Gasteiger partial charge is 0.495 e. The topological polar surface area (TPSA) is 74.2 Å². The van der Waals surface area contributed by atoms with Crippen LogP contribution in [0.25, 0.3) is 0 Å². The van der Waals surface area contributed by atoms with Crippen molar-refractivity contribution < 1.29 is 9.53 Å². The van der Waals surface area contributed by atoms with Gasteiger partial charge in [-0.3, -0.25) is 0 Å². The lowest BCUT2D eigenvalue weighted by molar-refractivity contribution is 0.250. The normalized spacial score (nSPS) is 15.2. The van der Waals surface area contributed by atoms with E-state index >= 15 is 0 Å². The second-order valence-corrected chi connectivity index (χ2v) is 5.37. The Kier molecular flexibility index (Phi) is 5.42. The molecule has 0 aliphatic heterocycles. The van der Waals surface area contributed by atoms with Crippen LogP contribution in [0.1, 0.15) is 38.2 Å². The minimum absolute atomic E-state index is 0.0222. The van der Waals surface area contributed by atoms with Crippen molar-refractivity contribution in [3.63, 3.8) is 0 Å². The molecule has 0 radical (unpaired) electrons. The molecule has 1 aromatic carbocycles. The number of urea groups is 1. The zero-order valence-corrected chi connectivity index (χ0v) is 13.0. The number of nitrogens with zero attached hydrogens (tertiary/aromatic N) is 1. The van der Waals surface area contributed by atoms with Gasteiger partial charge >= 0.3 is 6.03 Å². The molecule has 0 bridgehead atoms. The molecule has 0 fully saturated rings. The highest BCUT2D eigenvalue weighted by Crippen LogP contribution is 2.22. The van der Waals surface area contributed by atoms with Crippen LogP contribution in [0.2, 0.25) is 0 Å². The molecule has 22 heavy (non-hydrogen) atoms. The third-order valence-electron chi connectivity index (χ3n) is 3.81. The fourth-order valence-corrected chi connectivity index (χ4v) is 2.59. The molecule has 0 spiro atoms. The zero-order valence-electron chi connectivity index (χ0n) is 13.0. The van der Waals surface area contributed by atoms with Crippen molar-refractivity contribution in [2.75, 3.05) is 12.4 Å². The third-order valence-corrected chi connectivity index (χ3v) is 3.81. The van der Waals surface area contributed by atoms with Crippen molar-refractivity contribution in [3.8, 4) is 11.8 Å². The van der Waals surface area contributed by atoms with Crippen molar-refractivity contribution in [2.45, 2.75) is 38.6 Å². The van der Waals surface area contributed by atoms with E-state index < -0.39 is 0 Å². The third kappa shape index (κ3) is 4.01. The van der Waals surface area contributed by atoms with E-state index in [2.05, 4.69) is 16.7 Å². The van der Waals surface area contributed by atoms with Gasteiger partial charge in [0.25, 0.3) is 0 Å². The van der Waals surface area contributed by atoms with Crippen molar-refractivity contribution in [3.05, 3.63) is 35.4 Å². The molecule has 1 aromatic rings. The molecular formula is C17H21N3O2. The van der Waals surface area contributed by atoms with Gasteiger partial charge in [0.05, 0.1) is 12.7 Å². The average Bonchev–Trinajstić information content (AvgIpc) is 2.55. The molecule has 1 aliphatic carbocycles. The van der Waals surface area contributed by atoms with Gasteiger partial charge in [0.1, 0.15) is 11.8 Å². The lowest BCUT2D eigenvalue weighted by atomic mass is 9.95. The highest BCUT2D eigenvalue weighted by molar-refractivity contribution is 5.90. The molecular weight excluding hydrogens is 278 g/mol. The van der Waals surface area contributed by atoms with Gasteiger partial charge < -0.3 is 15.4 Å². The number of carbonyl (C=O) groups excluding carboxylic acids is 1. The van der Waals surface area contributed by atoms with Gasteiger partial charge in [-0.1, -0.05) is 11.6 Å². The summed E-state index contributed by atoms with van der Waals surface area (Å²) >= 11 is 0. The Hall–Kier alpha value is -2.48. The molecule has 1 aliphatic rings. The molecule has 0 saturated carbocycles. The van der Waals surface area contributed by atoms with Crippen molar-refractivity contribution in [1.29, 1.82) is 5.26 Å². The molecule has 0 aromatic heterocycles. The smallest absolute Gasteiger partial charge is 0.319 e. The van der Waals surface area contributed by atoms with Crippen LogP contribution in [0.15, 0.2) is 29.8 Å². The van der Waals surface area contributed by atoms with Crippen LogP contribution in [-0.4, -0.2) is 19.2 Å². The summed E-state index contributed by atoms with van der Waals surface area (Å²) in [4.78, 5) is 12.1. The number of hydrogen-bond donors (Lipinski definition) is 2. The van der Waals surface area contributed by atoms with E-state index in [1.807, 2.05) is 13.0 Å². The number of allylic oxidation sites excluding steroid dienone is 1. The summed E-state index contributed by atoms with van der Waals surface area (Å²) in [7, 11) is 1.51. The maximum absolute atomic E-state index is 12.1. The van der Waals surface area contributed by atoms with Crippen LogP contribution in [0.5, 0.6) is 5.75 Å². The summed E-state index contributed by atoms with van der Waals surface area (Å²) in [6.07, 6.45) is 6.76. The number of anilines is 1. The molecule has 0 heterocycles.